The zero-order chi connectivity index (χ0) is 26.2. The molecule has 4 atom stereocenters. The maximum atomic E-state index is 12.7. The zero-order valence-electron chi connectivity index (χ0n) is 20.6. The highest BCUT2D eigenvalue weighted by molar-refractivity contribution is 6.36. The van der Waals surface area contributed by atoms with Gasteiger partial charge in [0.25, 0.3) is 0 Å². The molecule has 1 fully saturated rings. The Hall–Kier alpha value is -2.70. The molecule has 0 radical (unpaired) electrons. The molecule has 0 saturated carbocycles. The monoisotopic (exact) mass is 536 g/mol. The standard InChI is InChI=1S/C30H30Cl2N2O3/c1-20-18-23(28-24(31)14-8-15-25(28)32)29(34(36)37)26(19-20)33-17-9-16-27(33)30(35,21-10-4-2-5-11-21)22-12-6-3-7-13-22/h2-8,10-15,19,23,26-27,29,35H,9,16-18H2,1H3/t23-,26+,27+,29-/m1/s1. The van der Waals surface area contributed by atoms with Crippen molar-refractivity contribution in [3.63, 3.8) is 0 Å². The summed E-state index contributed by atoms with van der Waals surface area (Å²) in [6.07, 6.45) is 4.07. The second-order valence-corrected chi connectivity index (χ2v) is 10.9. The van der Waals surface area contributed by atoms with Gasteiger partial charge in [0.2, 0.25) is 6.04 Å². The van der Waals surface area contributed by atoms with E-state index < -0.39 is 23.6 Å². The van der Waals surface area contributed by atoms with Crippen LogP contribution in [0.5, 0.6) is 0 Å². The van der Waals surface area contributed by atoms with E-state index in [0.717, 1.165) is 23.1 Å². The van der Waals surface area contributed by atoms with Gasteiger partial charge < -0.3 is 5.11 Å². The number of allylic oxidation sites excluding steroid dienone is 1. The first-order valence-electron chi connectivity index (χ1n) is 12.7. The molecule has 192 valence electrons. The summed E-state index contributed by atoms with van der Waals surface area (Å²) < 4.78 is 0. The first-order valence-corrected chi connectivity index (χ1v) is 13.4. The largest absolute Gasteiger partial charge is 0.379 e. The predicted molar refractivity (Wildman–Crippen MR) is 148 cm³/mol. The highest BCUT2D eigenvalue weighted by Crippen LogP contribution is 2.46. The fourth-order valence-electron chi connectivity index (χ4n) is 6.40. The minimum atomic E-state index is -1.34. The molecule has 1 heterocycles. The van der Waals surface area contributed by atoms with E-state index in [-0.39, 0.29) is 11.0 Å². The van der Waals surface area contributed by atoms with E-state index in [0.29, 0.717) is 35.0 Å². The van der Waals surface area contributed by atoms with E-state index in [9.17, 15) is 15.2 Å². The van der Waals surface area contributed by atoms with Crippen LogP contribution in [0.15, 0.2) is 90.5 Å². The Morgan fingerprint density at radius 3 is 2.05 bits per heavy atom. The van der Waals surface area contributed by atoms with Crippen molar-refractivity contribution in [2.45, 2.75) is 55.8 Å². The molecule has 1 N–H and O–H groups in total. The lowest BCUT2D eigenvalue weighted by Gasteiger charge is -2.45. The van der Waals surface area contributed by atoms with Crippen molar-refractivity contribution in [2.75, 3.05) is 6.54 Å². The Morgan fingerprint density at radius 1 is 0.946 bits per heavy atom. The van der Waals surface area contributed by atoms with Crippen molar-refractivity contribution < 1.29 is 10.0 Å². The molecule has 0 amide bonds. The van der Waals surface area contributed by atoms with E-state index >= 15 is 0 Å². The van der Waals surface area contributed by atoms with Crippen LogP contribution in [-0.2, 0) is 5.60 Å². The smallest absolute Gasteiger partial charge is 0.239 e. The van der Waals surface area contributed by atoms with Gasteiger partial charge in [0.15, 0.2) is 0 Å². The third-order valence-electron chi connectivity index (χ3n) is 7.96. The highest BCUT2D eigenvalue weighted by Gasteiger charge is 2.53. The van der Waals surface area contributed by atoms with Gasteiger partial charge in [-0.15, -0.1) is 0 Å². The van der Waals surface area contributed by atoms with Crippen molar-refractivity contribution in [3.05, 3.63) is 127 Å². The zero-order valence-corrected chi connectivity index (χ0v) is 22.1. The summed E-state index contributed by atoms with van der Waals surface area (Å²) in [7, 11) is 0. The summed E-state index contributed by atoms with van der Waals surface area (Å²) in [6.45, 7) is 2.65. The van der Waals surface area contributed by atoms with Crippen molar-refractivity contribution in [3.8, 4) is 0 Å². The molecule has 1 aliphatic carbocycles. The number of benzene rings is 3. The molecule has 7 heteroatoms. The van der Waals surface area contributed by atoms with Crippen LogP contribution in [0.3, 0.4) is 0 Å². The van der Waals surface area contributed by atoms with E-state index in [2.05, 4.69) is 4.90 Å². The van der Waals surface area contributed by atoms with Gasteiger partial charge in [-0.05, 0) is 61.6 Å². The average molecular weight is 537 g/mol. The number of nitrogens with zero attached hydrogens (tertiary/aromatic N) is 2. The summed E-state index contributed by atoms with van der Waals surface area (Å²) in [6, 6.07) is 22.7. The summed E-state index contributed by atoms with van der Waals surface area (Å²) >= 11 is 13.1. The van der Waals surface area contributed by atoms with E-state index in [1.807, 2.05) is 73.7 Å². The lowest BCUT2D eigenvalue weighted by Crippen LogP contribution is -2.57. The van der Waals surface area contributed by atoms with Crippen molar-refractivity contribution in [2.24, 2.45) is 0 Å². The van der Waals surface area contributed by atoms with Crippen molar-refractivity contribution >= 4 is 23.2 Å². The second-order valence-electron chi connectivity index (χ2n) is 10.1. The van der Waals surface area contributed by atoms with Crippen molar-refractivity contribution in [1.82, 2.24) is 4.90 Å². The van der Waals surface area contributed by atoms with E-state index in [4.69, 9.17) is 23.2 Å². The lowest BCUT2D eigenvalue weighted by molar-refractivity contribution is -0.533. The molecule has 5 rings (SSSR count). The SMILES string of the molecule is CC1=C[C@H](N2CCC[C@H]2C(O)(c2ccccc2)c2ccccc2)[C@H]([N+](=O)[O-])[C@@H](c2c(Cl)cccc2Cl)C1. The quantitative estimate of drug-likeness (QED) is 0.212. The fraction of sp³-hybridized carbons (Fsp3) is 0.333. The summed E-state index contributed by atoms with van der Waals surface area (Å²) in [5.41, 5.74) is 1.90. The third kappa shape index (κ3) is 4.70. The third-order valence-corrected chi connectivity index (χ3v) is 8.62. The number of likely N-dealkylation sites (tertiary alicyclic amines) is 1. The molecule has 2 aliphatic rings. The predicted octanol–water partition coefficient (Wildman–Crippen LogP) is 6.84. The number of hydrogen-bond donors (Lipinski definition) is 1. The van der Waals surface area contributed by atoms with Gasteiger partial charge in [0, 0.05) is 21.0 Å². The minimum absolute atomic E-state index is 0.183. The normalized spacial score (nSPS) is 24.6. The highest BCUT2D eigenvalue weighted by atomic mass is 35.5. The summed E-state index contributed by atoms with van der Waals surface area (Å²) in [4.78, 5) is 14.7. The molecular weight excluding hydrogens is 507 g/mol. The molecule has 0 unspecified atom stereocenters. The van der Waals surface area contributed by atoms with E-state index in [1.165, 1.54) is 0 Å². The van der Waals surface area contributed by atoms with Crippen LogP contribution in [0.1, 0.15) is 48.8 Å². The van der Waals surface area contributed by atoms with Crippen molar-refractivity contribution in [1.29, 1.82) is 0 Å². The molecule has 3 aromatic carbocycles. The van der Waals surface area contributed by atoms with Crippen LogP contribution in [0.4, 0.5) is 0 Å². The first-order chi connectivity index (χ1) is 17.8. The second kappa shape index (κ2) is 10.6. The van der Waals surface area contributed by atoms with Crippen LogP contribution in [0.25, 0.3) is 0 Å². The fourth-order valence-corrected chi connectivity index (χ4v) is 7.07. The van der Waals surface area contributed by atoms with Crippen LogP contribution in [-0.4, -0.2) is 39.6 Å². The Kier molecular flexibility index (Phi) is 7.42. The molecular formula is C30H30Cl2N2O3. The molecule has 3 aromatic rings. The molecule has 1 saturated heterocycles. The Labute approximate surface area is 227 Å². The Morgan fingerprint density at radius 2 is 1.51 bits per heavy atom. The van der Waals surface area contributed by atoms with Gasteiger partial charge in [0.1, 0.15) is 5.60 Å². The van der Waals surface area contributed by atoms with Gasteiger partial charge in [0.05, 0.1) is 12.0 Å². The Balaban J connectivity index is 1.62. The Bertz CT molecular complexity index is 1240. The number of rotatable bonds is 6. The topological polar surface area (TPSA) is 66.6 Å². The van der Waals surface area contributed by atoms with E-state index in [1.54, 1.807) is 18.2 Å². The molecule has 1 aliphatic heterocycles. The van der Waals surface area contributed by atoms with Gasteiger partial charge in [-0.2, -0.15) is 0 Å². The van der Waals surface area contributed by atoms with Crippen LogP contribution < -0.4 is 0 Å². The number of aliphatic hydroxyl groups is 1. The van der Waals surface area contributed by atoms with Gasteiger partial charge >= 0.3 is 0 Å². The molecule has 0 aromatic heterocycles. The maximum Gasteiger partial charge on any atom is 0.239 e. The van der Waals surface area contributed by atoms with Crippen LogP contribution in [0, 0.1) is 10.1 Å². The number of nitro groups is 1. The molecule has 0 spiro atoms. The minimum Gasteiger partial charge on any atom is -0.379 e. The van der Waals surface area contributed by atoms with Crippen LogP contribution in [0.2, 0.25) is 10.0 Å². The van der Waals surface area contributed by atoms with Gasteiger partial charge in [-0.1, -0.05) is 102 Å². The first kappa shape index (κ1) is 25.9. The number of hydrogen-bond acceptors (Lipinski definition) is 4. The average Bonchev–Trinajstić information content (AvgIpc) is 3.39. The molecule has 37 heavy (non-hydrogen) atoms. The lowest BCUT2D eigenvalue weighted by atomic mass is 9.75. The summed E-state index contributed by atoms with van der Waals surface area (Å²) in [5, 5.41) is 26.2. The number of halogens is 2. The van der Waals surface area contributed by atoms with Gasteiger partial charge in [-0.25, -0.2) is 0 Å². The molecule has 5 nitrogen and oxygen atoms in total. The van der Waals surface area contributed by atoms with Gasteiger partial charge in [-0.3, -0.25) is 15.0 Å². The maximum absolute atomic E-state index is 12.7. The van der Waals surface area contributed by atoms with Crippen LogP contribution >= 0.6 is 23.2 Å². The molecule has 0 bridgehead atoms. The summed E-state index contributed by atoms with van der Waals surface area (Å²) in [5.74, 6) is -0.478.